The third-order valence-electron chi connectivity index (χ3n) is 0.417. The molecule has 0 aromatic carbocycles. The first kappa shape index (κ1) is 14.3. The lowest BCUT2D eigenvalue weighted by Gasteiger charge is -1.99. The Labute approximate surface area is 83.0 Å². The van der Waals surface area contributed by atoms with Crippen molar-refractivity contribution in [2.75, 3.05) is 6.54 Å². The summed E-state index contributed by atoms with van der Waals surface area (Å²) in [7, 11) is 0. The number of alkyl halides is 3. The van der Waals surface area contributed by atoms with Gasteiger partial charge in [-0.25, -0.2) is 4.79 Å². The summed E-state index contributed by atoms with van der Waals surface area (Å²) in [5.41, 5.74) is 4.57. The molecule has 0 rings (SSSR count). The molecule has 72 valence electrons. The predicted molar refractivity (Wildman–Crippen MR) is 44.6 cm³/mol. The van der Waals surface area contributed by atoms with Crippen LogP contribution in [0.25, 0.3) is 0 Å². The highest BCUT2D eigenvalue weighted by Gasteiger charge is 2.29. The Hall–Kier alpha value is -0.230. The average Bonchev–Trinajstić information content (AvgIpc) is 1.87. The van der Waals surface area contributed by atoms with Crippen molar-refractivity contribution in [3.05, 3.63) is 0 Å². The number of rotatable bonds is 1. The van der Waals surface area contributed by atoms with Crippen molar-refractivity contribution in [2.24, 2.45) is 5.73 Å². The smallest absolute Gasteiger partial charge is 0.356 e. The van der Waals surface area contributed by atoms with Crippen LogP contribution in [0.2, 0.25) is 0 Å². The molecule has 0 aromatic heterocycles. The molecule has 0 fully saturated rings. The molecular weight excluding hydrogens is 232 g/mol. The molecule has 0 aliphatic heterocycles. The number of aliphatic carboxylic acids is 2. The van der Waals surface area contributed by atoms with Crippen LogP contribution in [0.3, 0.4) is 0 Å². The van der Waals surface area contributed by atoms with E-state index >= 15 is 0 Å². The van der Waals surface area contributed by atoms with E-state index in [1.807, 2.05) is 0 Å². The van der Waals surface area contributed by atoms with Gasteiger partial charge in [-0.1, -0.05) is 34.8 Å². The first-order valence-electron chi connectivity index (χ1n) is 2.43. The van der Waals surface area contributed by atoms with Crippen LogP contribution < -0.4 is 5.73 Å². The molecule has 5 nitrogen and oxygen atoms in total. The Bertz CT molecular complexity index is 166. The normalized spacial score (nSPS) is 9.67. The Morgan fingerprint density at radius 2 is 1.42 bits per heavy atom. The van der Waals surface area contributed by atoms with Crippen molar-refractivity contribution in [3.8, 4) is 0 Å². The number of hydrogen-bond donors (Lipinski definition) is 3. The maximum Gasteiger partial charge on any atom is 0.356 e. The van der Waals surface area contributed by atoms with Crippen LogP contribution in [0.5, 0.6) is 0 Å². The van der Waals surface area contributed by atoms with Gasteiger partial charge in [0.25, 0.3) is 3.79 Å². The summed E-state index contributed by atoms with van der Waals surface area (Å²) in [5.74, 6) is -2.43. The molecule has 0 heterocycles. The van der Waals surface area contributed by atoms with Crippen LogP contribution in [0, 0.1) is 0 Å². The summed E-state index contributed by atoms with van der Waals surface area (Å²) in [5, 5.41) is 15.5. The summed E-state index contributed by atoms with van der Waals surface area (Å²) >= 11 is 14.4. The quantitative estimate of drug-likeness (QED) is 0.577. The van der Waals surface area contributed by atoms with Crippen LogP contribution in [0.15, 0.2) is 0 Å². The van der Waals surface area contributed by atoms with Gasteiger partial charge >= 0.3 is 11.9 Å². The Morgan fingerprint density at radius 1 is 1.25 bits per heavy atom. The van der Waals surface area contributed by atoms with E-state index in [1.54, 1.807) is 0 Å². The van der Waals surface area contributed by atoms with Gasteiger partial charge in [0.05, 0.1) is 6.54 Å². The fourth-order valence-corrected chi connectivity index (χ4v) is 0. The number of hydrogen-bond acceptors (Lipinski definition) is 3. The molecule has 0 saturated carbocycles. The zero-order valence-corrected chi connectivity index (χ0v) is 7.90. The molecular formula is C4H6Cl3NO4. The average molecular weight is 238 g/mol. The second-order valence-electron chi connectivity index (χ2n) is 1.40. The van der Waals surface area contributed by atoms with Gasteiger partial charge in [0.2, 0.25) is 0 Å². The van der Waals surface area contributed by atoms with Gasteiger partial charge in [-0.05, 0) is 0 Å². The number of nitrogens with two attached hydrogens (primary N) is 1. The monoisotopic (exact) mass is 237 g/mol. The van der Waals surface area contributed by atoms with E-state index in [-0.39, 0.29) is 6.54 Å². The number of carbonyl (C=O) groups is 2. The van der Waals surface area contributed by atoms with Crippen molar-refractivity contribution in [1.29, 1.82) is 0 Å². The minimum absolute atomic E-state index is 0.278. The lowest BCUT2D eigenvalue weighted by atomic mass is 10.7. The maximum atomic E-state index is 9.62. The van der Waals surface area contributed by atoms with E-state index in [0.29, 0.717) is 0 Å². The van der Waals surface area contributed by atoms with Crippen LogP contribution in [-0.2, 0) is 9.59 Å². The van der Waals surface area contributed by atoms with Gasteiger partial charge in [-0.3, -0.25) is 4.79 Å². The summed E-state index contributed by atoms with van der Waals surface area (Å²) in [6, 6.07) is 0. The van der Waals surface area contributed by atoms with Gasteiger partial charge in [-0.15, -0.1) is 0 Å². The molecule has 0 atom stereocenters. The minimum atomic E-state index is -2.17. The third-order valence-corrected chi connectivity index (χ3v) is 0.902. The second kappa shape index (κ2) is 6.30. The van der Waals surface area contributed by atoms with Gasteiger partial charge in [0, 0.05) is 0 Å². The molecule has 0 amide bonds. The fourth-order valence-electron chi connectivity index (χ4n) is 0. The molecule has 0 aliphatic rings. The van der Waals surface area contributed by atoms with Crippen molar-refractivity contribution in [1.82, 2.24) is 0 Å². The highest BCUT2D eigenvalue weighted by atomic mass is 35.6. The first-order valence-corrected chi connectivity index (χ1v) is 3.57. The number of carboxylic acids is 2. The van der Waals surface area contributed by atoms with Gasteiger partial charge < -0.3 is 15.9 Å². The van der Waals surface area contributed by atoms with Crippen LogP contribution >= 0.6 is 34.8 Å². The standard InChI is InChI=1S/C2HCl3O2.C2H5NO2/c3-2(4,5)1(6)7;3-1-2(4)5/h(H,6,7);1,3H2,(H,4,5). The molecule has 12 heavy (non-hydrogen) atoms. The summed E-state index contributed by atoms with van der Waals surface area (Å²) in [6.45, 7) is -0.278. The van der Waals surface area contributed by atoms with E-state index in [0.717, 1.165) is 0 Å². The SMILES string of the molecule is NCC(=O)O.O=C(O)C(Cl)(Cl)Cl. The summed E-state index contributed by atoms with van der Waals surface area (Å²) < 4.78 is -2.17. The molecule has 0 bridgehead atoms. The second-order valence-corrected chi connectivity index (χ2v) is 3.68. The number of halogens is 3. The minimum Gasteiger partial charge on any atom is -0.480 e. The van der Waals surface area contributed by atoms with Crippen LogP contribution in [0.4, 0.5) is 0 Å². The molecule has 0 unspecified atom stereocenters. The van der Waals surface area contributed by atoms with Gasteiger partial charge in [0.15, 0.2) is 0 Å². The molecule has 0 radical (unpaired) electrons. The van der Waals surface area contributed by atoms with E-state index in [2.05, 4.69) is 5.73 Å². The Balaban J connectivity index is 0. The van der Waals surface area contributed by atoms with E-state index in [9.17, 15) is 9.59 Å². The lowest BCUT2D eigenvalue weighted by molar-refractivity contribution is -0.136. The predicted octanol–water partition coefficient (Wildman–Crippen LogP) is 0.471. The van der Waals surface area contributed by atoms with E-state index < -0.39 is 15.7 Å². The highest BCUT2D eigenvalue weighted by molar-refractivity contribution is 6.75. The Kier molecular flexibility index (Phi) is 7.51. The van der Waals surface area contributed by atoms with E-state index in [4.69, 9.17) is 45.0 Å². The zero-order chi connectivity index (χ0) is 10.4. The number of carboxylic acid groups (broad SMARTS) is 2. The molecule has 0 aliphatic carbocycles. The topological polar surface area (TPSA) is 101 Å². The molecule has 4 N–H and O–H groups in total. The van der Waals surface area contributed by atoms with Gasteiger partial charge in [0.1, 0.15) is 0 Å². The first-order chi connectivity index (χ1) is 5.21. The third kappa shape index (κ3) is 12.4. The summed E-state index contributed by atoms with van der Waals surface area (Å²) in [4.78, 5) is 18.9. The highest BCUT2D eigenvalue weighted by Crippen LogP contribution is 2.25. The summed E-state index contributed by atoms with van der Waals surface area (Å²) in [6.07, 6.45) is 0. The van der Waals surface area contributed by atoms with Gasteiger partial charge in [-0.2, -0.15) is 0 Å². The fraction of sp³-hybridized carbons (Fsp3) is 0.500. The molecule has 0 spiro atoms. The maximum absolute atomic E-state index is 9.62. The molecule has 0 aromatic rings. The lowest BCUT2D eigenvalue weighted by Crippen LogP contribution is -2.16. The molecule has 8 heteroatoms. The van der Waals surface area contributed by atoms with Crippen LogP contribution in [0.1, 0.15) is 0 Å². The van der Waals surface area contributed by atoms with Crippen molar-refractivity contribution in [3.63, 3.8) is 0 Å². The van der Waals surface area contributed by atoms with Crippen molar-refractivity contribution >= 4 is 46.7 Å². The molecule has 0 saturated heterocycles. The van der Waals surface area contributed by atoms with Crippen LogP contribution in [-0.4, -0.2) is 32.5 Å². The Morgan fingerprint density at radius 3 is 1.42 bits per heavy atom. The largest absolute Gasteiger partial charge is 0.480 e. The van der Waals surface area contributed by atoms with E-state index in [1.165, 1.54) is 0 Å². The van der Waals surface area contributed by atoms with Crippen molar-refractivity contribution < 1.29 is 19.8 Å². The van der Waals surface area contributed by atoms with Crippen molar-refractivity contribution in [2.45, 2.75) is 3.79 Å². The zero-order valence-electron chi connectivity index (χ0n) is 5.63.